The Morgan fingerprint density at radius 3 is 3.00 bits per heavy atom. The number of rotatable bonds is 4. The van der Waals surface area contributed by atoms with E-state index in [1.54, 1.807) is 19.1 Å². The molecule has 1 N–H and O–H groups in total. The molecule has 1 rings (SSSR count). The van der Waals surface area contributed by atoms with Crippen molar-refractivity contribution in [2.24, 2.45) is 0 Å². The molecular formula is C11H12NO4-. The van der Waals surface area contributed by atoms with Crippen LogP contribution in [-0.2, 0) is 9.53 Å². The number of carbonyl (C=O) groups excluding carboxylic acids is 1. The number of ether oxygens (including phenoxy) is 1. The van der Waals surface area contributed by atoms with Crippen molar-refractivity contribution in [1.82, 2.24) is 0 Å². The van der Waals surface area contributed by atoms with E-state index < -0.39 is 5.97 Å². The molecule has 5 nitrogen and oxygen atoms in total. The Morgan fingerprint density at radius 1 is 1.62 bits per heavy atom. The molecule has 0 radical (unpaired) electrons. The van der Waals surface area contributed by atoms with Gasteiger partial charge in [0.25, 0.3) is 0 Å². The molecule has 0 spiro atoms. The Morgan fingerprint density at radius 2 is 2.38 bits per heavy atom. The van der Waals surface area contributed by atoms with Crippen molar-refractivity contribution >= 4 is 17.7 Å². The number of esters is 1. The van der Waals surface area contributed by atoms with Gasteiger partial charge < -0.3 is 15.2 Å². The van der Waals surface area contributed by atoms with Gasteiger partial charge in [-0.05, 0) is 30.7 Å². The smallest absolute Gasteiger partial charge is 0.330 e. The summed E-state index contributed by atoms with van der Waals surface area (Å²) in [5.41, 5.74) is 0.728. The van der Waals surface area contributed by atoms with Crippen LogP contribution in [0.25, 0.3) is 6.08 Å². The lowest BCUT2D eigenvalue weighted by molar-refractivity contribution is -0.137. The summed E-state index contributed by atoms with van der Waals surface area (Å²) in [5, 5.41) is 19.0. The number of nitrogens with zero attached hydrogens (tertiary/aromatic N) is 1. The topological polar surface area (TPSA) is 72.8 Å². The van der Waals surface area contributed by atoms with Crippen molar-refractivity contribution in [2.75, 3.05) is 11.8 Å². The van der Waals surface area contributed by atoms with Crippen molar-refractivity contribution in [3.05, 3.63) is 41.1 Å². The van der Waals surface area contributed by atoms with Crippen molar-refractivity contribution < 1.29 is 14.7 Å². The lowest BCUT2D eigenvalue weighted by Crippen LogP contribution is -2.06. The number of benzene rings is 1. The highest BCUT2D eigenvalue weighted by atomic mass is 16.8. The zero-order valence-electron chi connectivity index (χ0n) is 8.79. The quantitative estimate of drug-likeness (QED) is 0.479. The van der Waals surface area contributed by atoms with Crippen LogP contribution < -0.4 is 5.23 Å². The normalized spacial score (nSPS) is 10.4. The Hall–Kier alpha value is -1.85. The molecule has 0 bridgehead atoms. The molecule has 1 aromatic carbocycles. The minimum atomic E-state index is -0.448. The van der Waals surface area contributed by atoms with E-state index in [9.17, 15) is 10.0 Å². The van der Waals surface area contributed by atoms with Gasteiger partial charge in [0, 0.05) is 6.08 Å². The van der Waals surface area contributed by atoms with E-state index in [0.717, 1.165) is 0 Å². The van der Waals surface area contributed by atoms with Crippen LogP contribution in [0, 0.1) is 5.21 Å². The monoisotopic (exact) mass is 222 g/mol. The molecule has 86 valence electrons. The van der Waals surface area contributed by atoms with Crippen LogP contribution >= 0.6 is 0 Å². The standard InChI is InChI=1S/C11H12NO4/c1-2-16-11(13)7-6-9-4-3-5-10(8-9)12(14)15/h3-8,14H,2H2,1H3/q-1. The highest BCUT2D eigenvalue weighted by Gasteiger charge is 1.96. The molecule has 0 aliphatic rings. The second kappa shape index (κ2) is 5.89. The first-order chi connectivity index (χ1) is 7.63. The SMILES string of the molecule is CCOC(=O)C=Cc1cccc(N([O-])O)c1. The van der Waals surface area contributed by atoms with Gasteiger partial charge in [0.2, 0.25) is 0 Å². The predicted octanol–water partition coefficient (Wildman–Crippen LogP) is 1.96. The van der Waals surface area contributed by atoms with Crippen LogP contribution in [0.4, 0.5) is 5.69 Å². The molecule has 0 aromatic heterocycles. The van der Waals surface area contributed by atoms with Gasteiger partial charge in [0.1, 0.15) is 0 Å². The average molecular weight is 222 g/mol. The molecule has 16 heavy (non-hydrogen) atoms. The van der Waals surface area contributed by atoms with E-state index in [4.69, 9.17) is 9.94 Å². The maximum Gasteiger partial charge on any atom is 0.330 e. The zero-order valence-corrected chi connectivity index (χ0v) is 8.79. The predicted molar refractivity (Wildman–Crippen MR) is 59.7 cm³/mol. The van der Waals surface area contributed by atoms with Gasteiger partial charge in [-0.1, -0.05) is 12.1 Å². The van der Waals surface area contributed by atoms with Gasteiger partial charge in [0.05, 0.1) is 12.3 Å². The fraction of sp³-hybridized carbons (Fsp3) is 0.182. The summed E-state index contributed by atoms with van der Waals surface area (Å²) in [6, 6.07) is 6.20. The van der Waals surface area contributed by atoms with Crippen LogP contribution in [0.2, 0.25) is 0 Å². The van der Waals surface area contributed by atoms with Crippen LogP contribution in [-0.4, -0.2) is 17.8 Å². The third-order valence-electron chi connectivity index (χ3n) is 1.79. The van der Waals surface area contributed by atoms with E-state index in [2.05, 4.69) is 0 Å². The first-order valence-electron chi connectivity index (χ1n) is 4.74. The van der Waals surface area contributed by atoms with Gasteiger partial charge >= 0.3 is 5.97 Å². The molecule has 1 aromatic rings. The average Bonchev–Trinajstić information content (AvgIpc) is 2.27. The number of hydrogen-bond acceptors (Lipinski definition) is 5. The van der Waals surface area contributed by atoms with E-state index in [1.165, 1.54) is 24.3 Å². The molecule has 0 fully saturated rings. The van der Waals surface area contributed by atoms with Crippen molar-refractivity contribution in [1.29, 1.82) is 0 Å². The van der Waals surface area contributed by atoms with Crippen LogP contribution in [0.15, 0.2) is 30.3 Å². The molecule has 0 saturated heterocycles. The molecule has 0 aliphatic heterocycles. The summed E-state index contributed by atoms with van der Waals surface area (Å²) in [6.45, 7) is 2.03. The Kier molecular flexibility index (Phi) is 4.50. The van der Waals surface area contributed by atoms with Gasteiger partial charge in [-0.15, -0.1) is 0 Å². The van der Waals surface area contributed by atoms with Crippen molar-refractivity contribution in [3.63, 3.8) is 0 Å². The van der Waals surface area contributed by atoms with Gasteiger partial charge in [-0.2, -0.15) is 0 Å². The highest BCUT2D eigenvalue weighted by Crippen LogP contribution is 2.14. The van der Waals surface area contributed by atoms with Gasteiger partial charge in [0.15, 0.2) is 0 Å². The summed E-state index contributed by atoms with van der Waals surface area (Å²) in [5.74, 6) is -0.448. The first-order valence-corrected chi connectivity index (χ1v) is 4.74. The summed E-state index contributed by atoms with van der Waals surface area (Å²) >= 11 is 0. The molecule has 0 amide bonds. The van der Waals surface area contributed by atoms with Crippen molar-refractivity contribution in [3.8, 4) is 0 Å². The van der Waals surface area contributed by atoms with Crippen LogP contribution in [0.1, 0.15) is 12.5 Å². The van der Waals surface area contributed by atoms with E-state index >= 15 is 0 Å². The molecular weight excluding hydrogens is 210 g/mol. The Balaban J connectivity index is 2.74. The largest absolute Gasteiger partial charge is 0.733 e. The summed E-state index contributed by atoms with van der Waals surface area (Å²) < 4.78 is 4.69. The highest BCUT2D eigenvalue weighted by molar-refractivity contribution is 5.87. The number of hydrogen-bond donors (Lipinski definition) is 1. The minimum Gasteiger partial charge on any atom is -0.733 e. The summed E-state index contributed by atoms with van der Waals surface area (Å²) in [7, 11) is 0. The van der Waals surface area contributed by atoms with E-state index in [0.29, 0.717) is 12.2 Å². The number of anilines is 1. The molecule has 0 unspecified atom stereocenters. The number of carbonyl (C=O) groups is 1. The van der Waals surface area contributed by atoms with Crippen LogP contribution in [0.3, 0.4) is 0 Å². The molecule has 0 saturated carbocycles. The summed E-state index contributed by atoms with van der Waals surface area (Å²) in [4.78, 5) is 11.0. The van der Waals surface area contributed by atoms with Crippen LogP contribution in [0.5, 0.6) is 0 Å². The zero-order chi connectivity index (χ0) is 12.0. The third-order valence-corrected chi connectivity index (χ3v) is 1.79. The lowest BCUT2D eigenvalue weighted by atomic mass is 10.2. The fourth-order valence-corrected chi connectivity index (χ4v) is 1.10. The minimum absolute atomic E-state index is 0.103. The molecule has 0 atom stereocenters. The second-order valence-corrected chi connectivity index (χ2v) is 2.95. The lowest BCUT2D eigenvalue weighted by Gasteiger charge is -2.21. The van der Waals surface area contributed by atoms with Gasteiger partial charge in [-0.25, -0.2) is 4.79 Å². The second-order valence-electron chi connectivity index (χ2n) is 2.95. The maximum absolute atomic E-state index is 11.0. The molecule has 0 heterocycles. The third kappa shape index (κ3) is 3.72. The maximum atomic E-state index is 11.0. The Labute approximate surface area is 93.1 Å². The fourth-order valence-electron chi connectivity index (χ4n) is 1.10. The molecule has 5 heteroatoms. The first kappa shape index (κ1) is 12.2. The Bertz CT molecular complexity index is 387. The molecule has 0 aliphatic carbocycles. The van der Waals surface area contributed by atoms with E-state index in [1.807, 2.05) is 0 Å². The van der Waals surface area contributed by atoms with Gasteiger partial charge in [-0.3, -0.25) is 5.21 Å². The summed E-state index contributed by atoms with van der Waals surface area (Å²) in [6.07, 6.45) is 2.76. The van der Waals surface area contributed by atoms with E-state index in [-0.39, 0.29) is 10.9 Å². The van der Waals surface area contributed by atoms with Crippen molar-refractivity contribution in [2.45, 2.75) is 6.92 Å².